The van der Waals surface area contributed by atoms with E-state index in [0.717, 1.165) is 16.7 Å². The average molecular weight is 478 g/mol. The maximum atomic E-state index is 13.9. The van der Waals surface area contributed by atoms with Crippen molar-refractivity contribution in [2.45, 2.75) is 19.5 Å². The summed E-state index contributed by atoms with van der Waals surface area (Å²) in [7, 11) is 1.64. The highest BCUT2D eigenvalue weighted by Gasteiger charge is 2.13. The molecule has 0 amide bonds. The van der Waals surface area contributed by atoms with Gasteiger partial charge in [-0.3, -0.25) is 4.99 Å². The highest BCUT2D eigenvalue weighted by atomic mass is 127. The molecule has 2 N–H and O–H groups in total. The standard InChI is InChI=1S/C20H19FN4O.HI/c1-13(19-10-15-5-3-4-6-18(15)26-19)25-20(23-2)24-12-16-9-14(11-22)7-8-17(16)21;/h3-10,13H,12H2,1-2H3,(H2,23,24,25);1H. The number of para-hydroxylation sites is 1. The van der Waals surface area contributed by atoms with Crippen molar-refractivity contribution < 1.29 is 8.81 Å². The zero-order valence-electron chi connectivity index (χ0n) is 15.0. The van der Waals surface area contributed by atoms with Crippen molar-refractivity contribution >= 4 is 40.9 Å². The van der Waals surface area contributed by atoms with Gasteiger partial charge in [0.15, 0.2) is 5.96 Å². The Labute approximate surface area is 174 Å². The molecule has 7 heteroatoms. The summed E-state index contributed by atoms with van der Waals surface area (Å²) in [5, 5.41) is 16.3. The van der Waals surface area contributed by atoms with Crippen molar-refractivity contribution in [1.29, 1.82) is 5.26 Å². The first-order valence-electron chi connectivity index (χ1n) is 8.25. The van der Waals surface area contributed by atoms with E-state index in [0.29, 0.717) is 17.1 Å². The molecule has 3 rings (SSSR count). The van der Waals surface area contributed by atoms with Crippen LogP contribution in [0.15, 0.2) is 57.9 Å². The monoisotopic (exact) mass is 478 g/mol. The topological polar surface area (TPSA) is 73.3 Å². The van der Waals surface area contributed by atoms with Crippen LogP contribution in [-0.4, -0.2) is 13.0 Å². The van der Waals surface area contributed by atoms with Crippen LogP contribution in [0.4, 0.5) is 4.39 Å². The Morgan fingerprint density at radius 2 is 2.04 bits per heavy atom. The Kier molecular flexibility index (Phi) is 7.19. The lowest BCUT2D eigenvalue weighted by Crippen LogP contribution is -2.38. The van der Waals surface area contributed by atoms with E-state index < -0.39 is 0 Å². The first-order valence-corrected chi connectivity index (χ1v) is 8.25. The number of guanidine groups is 1. The van der Waals surface area contributed by atoms with Crippen LogP contribution in [0.1, 0.15) is 29.9 Å². The molecule has 0 aliphatic rings. The Bertz CT molecular complexity index is 960. The second-order valence-corrected chi connectivity index (χ2v) is 5.90. The second kappa shape index (κ2) is 9.37. The number of benzene rings is 2. The summed E-state index contributed by atoms with van der Waals surface area (Å²) >= 11 is 0. The molecule has 1 atom stereocenters. The average Bonchev–Trinajstić information content (AvgIpc) is 3.10. The molecule has 0 saturated heterocycles. The van der Waals surface area contributed by atoms with Crippen LogP contribution in [0.25, 0.3) is 11.0 Å². The molecule has 0 aliphatic heterocycles. The molecule has 27 heavy (non-hydrogen) atoms. The van der Waals surface area contributed by atoms with Gasteiger partial charge in [-0.25, -0.2) is 4.39 Å². The van der Waals surface area contributed by atoms with Crippen molar-refractivity contribution in [1.82, 2.24) is 10.6 Å². The van der Waals surface area contributed by atoms with E-state index in [4.69, 9.17) is 9.68 Å². The minimum atomic E-state index is -0.364. The Balaban J connectivity index is 0.00000261. The fourth-order valence-electron chi connectivity index (χ4n) is 2.65. The summed E-state index contributed by atoms with van der Waals surface area (Å²) in [4.78, 5) is 4.16. The van der Waals surface area contributed by atoms with Crippen LogP contribution in [0.5, 0.6) is 0 Å². The van der Waals surface area contributed by atoms with E-state index in [1.165, 1.54) is 18.2 Å². The molecule has 0 radical (unpaired) electrons. The fraction of sp³-hybridized carbons (Fsp3) is 0.200. The van der Waals surface area contributed by atoms with Crippen LogP contribution in [0.3, 0.4) is 0 Å². The Morgan fingerprint density at radius 1 is 1.26 bits per heavy atom. The number of aliphatic imine (C=N–C) groups is 1. The lowest BCUT2D eigenvalue weighted by molar-refractivity contribution is 0.488. The molecular formula is C20H20FIN4O. The molecule has 2 aromatic carbocycles. The van der Waals surface area contributed by atoms with E-state index in [9.17, 15) is 4.39 Å². The molecule has 1 aromatic heterocycles. The number of halogens is 2. The largest absolute Gasteiger partial charge is 0.459 e. The summed E-state index contributed by atoms with van der Waals surface area (Å²) < 4.78 is 19.7. The lowest BCUT2D eigenvalue weighted by atomic mass is 10.1. The van der Waals surface area contributed by atoms with Crippen LogP contribution < -0.4 is 10.6 Å². The van der Waals surface area contributed by atoms with Crippen molar-refractivity contribution in [3.05, 3.63) is 71.2 Å². The van der Waals surface area contributed by atoms with Crippen molar-refractivity contribution in [2.75, 3.05) is 7.05 Å². The van der Waals surface area contributed by atoms with Crippen molar-refractivity contribution in [3.8, 4) is 6.07 Å². The third-order valence-electron chi connectivity index (χ3n) is 4.07. The maximum absolute atomic E-state index is 13.9. The summed E-state index contributed by atoms with van der Waals surface area (Å²) in [6.07, 6.45) is 0. The summed E-state index contributed by atoms with van der Waals surface area (Å²) in [5.41, 5.74) is 1.65. The van der Waals surface area contributed by atoms with Gasteiger partial charge in [0.05, 0.1) is 17.7 Å². The zero-order chi connectivity index (χ0) is 18.5. The number of hydrogen-bond donors (Lipinski definition) is 2. The molecular weight excluding hydrogens is 458 g/mol. The van der Waals surface area contributed by atoms with E-state index in [-0.39, 0.29) is 42.4 Å². The number of rotatable bonds is 4. The van der Waals surface area contributed by atoms with E-state index in [1.54, 1.807) is 7.05 Å². The van der Waals surface area contributed by atoms with Crippen molar-refractivity contribution in [3.63, 3.8) is 0 Å². The Morgan fingerprint density at radius 3 is 2.74 bits per heavy atom. The predicted molar refractivity (Wildman–Crippen MR) is 114 cm³/mol. The molecule has 0 saturated carbocycles. The third kappa shape index (κ3) is 4.98. The smallest absolute Gasteiger partial charge is 0.191 e. The van der Waals surface area contributed by atoms with Crippen LogP contribution in [0.2, 0.25) is 0 Å². The summed E-state index contributed by atoms with van der Waals surface area (Å²) in [6, 6.07) is 15.9. The SMILES string of the molecule is CN=C(NCc1cc(C#N)ccc1F)NC(C)c1cc2ccccc2o1.I. The second-order valence-electron chi connectivity index (χ2n) is 5.90. The molecule has 0 aliphatic carbocycles. The number of nitrogens with one attached hydrogen (secondary N) is 2. The van der Waals surface area contributed by atoms with Gasteiger partial charge in [0.25, 0.3) is 0 Å². The molecule has 0 fully saturated rings. The first-order chi connectivity index (χ1) is 12.6. The van der Waals surface area contributed by atoms with E-state index in [2.05, 4.69) is 15.6 Å². The minimum absolute atomic E-state index is 0. The van der Waals surface area contributed by atoms with Gasteiger partial charge < -0.3 is 15.1 Å². The fourth-order valence-corrected chi connectivity index (χ4v) is 2.65. The number of fused-ring (bicyclic) bond motifs is 1. The number of nitrogens with zero attached hydrogens (tertiary/aromatic N) is 2. The minimum Gasteiger partial charge on any atom is -0.459 e. The molecule has 1 unspecified atom stereocenters. The van der Waals surface area contributed by atoms with E-state index in [1.807, 2.05) is 43.3 Å². The third-order valence-corrected chi connectivity index (χ3v) is 4.07. The number of hydrogen-bond acceptors (Lipinski definition) is 3. The zero-order valence-corrected chi connectivity index (χ0v) is 17.3. The van der Waals surface area contributed by atoms with Crippen LogP contribution >= 0.6 is 24.0 Å². The van der Waals surface area contributed by atoms with Gasteiger partial charge in [0.1, 0.15) is 17.2 Å². The molecule has 1 heterocycles. The normalized spacial score (nSPS) is 12.1. The van der Waals surface area contributed by atoms with Gasteiger partial charge in [-0.05, 0) is 37.3 Å². The van der Waals surface area contributed by atoms with Gasteiger partial charge in [0.2, 0.25) is 0 Å². The molecule has 0 bridgehead atoms. The molecule has 0 spiro atoms. The summed E-state index contributed by atoms with van der Waals surface area (Å²) in [5.74, 6) is 0.934. The van der Waals surface area contributed by atoms with E-state index >= 15 is 0 Å². The van der Waals surface area contributed by atoms with Gasteiger partial charge in [-0.1, -0.05) is 18.2 Å². The summed E-state index contributed by atoms with van der Waals surface area (Å²) in [6.45, 7) is 2.18. The highest BCUT2D eigenvalue weighted by molar-refractivity contribution is 14.0. The number of furan rings is 1. The van der Waals surface area contributed by atoms with Gasteiger partial charge >= 0.3 is 0 Å². The molecule has 140 valence electrons. The number of nitriles is 1. The van der Waals surface area contributed by atoms with Gasteiger partial charge in [-0.2, -0.15) is 5.26 Å². The van der Waals surface area contributed by atoms with Gasteiger partial charge in [0, 0.05) is 24.5 Å². The highest BCUT2D eigenvalue weighted by Crippen LogP contribution is 2.23. The molecule has 3 aromatic rings. The van der Waals surface area contributed by atoms with Crippen LogP contribution in [-0.2, 0) is 6.54 Å². The maximum Gasteiger partial charge on any atom is 0.191 e. The lowest BCUT2D eigenvalue weighted by Gasteiger charge is -2.16. The molecule has 5 nitrogen and oxygen atoms in total. The Hall–Kier alpha value is -2.60. The first kappa shape index (κ1) is 20.7. The van der Waals surface area contributed by atoms with Crippen molar-refractivity contribution in [2.24, 2.45) is 4.99 Å². The quantitative estimate of drug-likeness (QED) is 0.330. The van der Waals surface area contributed by atoms with Crippen LogP contribution in [0, 0.1) is 17.1 Å². The van der Waals surface area contributed by atoms with Gasteiger partial charge in [-0.15, -0.1) is 24.0 Å². The predicted octanol–water partition coefficient (Wildman–Crippen LogP) is 4.49.